The topological polar surface area (TPSA) is 19.6 Å². The van der Waals surface area contributed by atoms with Crippen LogP contribution in [0.25, 0.3) is 32.7 Å². The minimum atomic E-state index is 0.863. The van der Waals surface area contributed by atoms with Crippen molar-refractivity contribution in [2.24, 2.45) is 0 Å². The molecule has 0 aliphatic rings. The second-order valence-electron chi connectivity index (χ2n) is 12.6. The van der Waals surface area contributed by atoms with E-state index in [4.69, 9.17) is 4.42 Å². The summed E-state index contributed by atoms with van der Waals surface area (Å²) in [5.41, 5.74) is 13.2. The fourth-order valence-electron chi connectivity index (χ4n) is 6.73. The minimum absolute atomic E-state index is 0.863. The number of furan rings is 1. The number of aryl methyl sites for hydroxylation is 4. The molecule has 0 N–H and O–H groups in total. The van der Waals surface area contributed by atoms with Crippen molar-refractivity contribution >= 4 is 66.8 Å². The Morgan fingerprint density at radius 3 is 1.51 bits per heavy atom. The molecule has 47 heavy (non-hydrogen) atoms. The van der Waals surface area contributed by atoms with E-state index in [1.807, 2.05) is 0 Å². The Hall–Kier alpha value is -5.80. The molecule has 1 aromatic heterocycles. The van der Waals surface area contributed by atoms with Gasteiger partial charge in [0.25, 0.3) is 0 Å². The first-order valence-electron chi connectivity index (χ1n) is 16.2. The van der Waals surface area contributed by atoms with Gasteiger partial charge in [0.05, 0.1) is 5.69 Å². The van der Waals surface area contributed by atoms with E-state index < -0.39 is 0 Å². The molecule has 0 aliphatic carbocycles. The predicted octanol–water partition coefficient (Wildman–Crippen LogP) is 12.9. The molecule has 0 fully saturated rings. The van der Waals surface area contributed by atoms with Gasteiger partial charge in [0.2, 0.25) is 0 Å². The lowest BCUT2D eigenvalue weighted by atomic mass is 10.00. The summed E-state index contributed by atoms with van der Waals surface area (Å²) in [5, 5.41) is 4.59. The average Bonchev–Trinajstić information content (AvgIpc) is 3.45. The molecule has 0 unspecified atom stereocenters. The van der Waals surface area contributed by atoms with Crippen LogP contribution in [0, 0.1) is 27.7 Å². The molecule has 228 valence electrons. The van der Waals surface area contributed by atoms with Gasteiger partial charge in [-0.1, -0.05) is 83.9 Å². The minimum Gasteiger partial charge on any atom is -0.456 e. The molecule has 3 nitrogen and oxygen atoms in total. The molecule has 8 rings (SSSR count). The first-order valence-corrected chi connectivity index (χ1v) is 16.2. The normalized spacial score (nSPS) is 11.4. The summed E-state index contributed by atoms with van der Waals surface area (Å²) in [6.45, 7) is 8.53. The molecule has 0 bridgehead atoms. The van der Waals surface area contributed by atoms with Crippen molar-refractivity contribution in [3.8, 4) is 0 Å². The van der Waals surface area contributed by atoms with Crippen LogP contribution < -0.4 is 9.80 Å². The molecule has 0 aliphatic heterocycles. The Kier molecular flexibility index (Phi) is 7.03. The number of hydrogen-bond donors (Lipinski definition) is 0. The number of hydrogen-bond acceptors (Lipinski definition) is 3. The molecule has 7 aromatic carbocycles. The van der Waals surface area contributed by atoms with Crippen LogP contribution in [-0.4, -0.2) is 0 Å². The van der Waals surface area contributed by atoms with Crippen molar-refractivity contribution in [2.75, 3.05) is 9.80 Å². The van der Waals surface area contributed by atoms with Gasteiger partial charge in [-0.25, -0.2) is 0 Å². The van der Waals surface area contributed by atoms with E-state index >= 15 is 0 Å². The van der Waals surface area contributed by atoms with Gasteiger partial charge in [-0.2, -0.15) is 0 Å². The Balaban J connectivity index is 1.36. The predicted molar refractivity (Wildman–Crippen MR) is 200 cm³/mol. The third-order valence-corrected chi connectivity index (χ3v) is 9.04. The molecule has 1 heterocycles. The van der Waals surface area contributed by atoms with E-state index in [1.165, 1.54) is 33.0 Å². The first kappa shape index (κ1) is 28.7. The highest BCUT2D eigenvalue weighted by Crippen LogP contribution is 2.46. The average molecular weight is 609 g/mol. The van der Waals surface area contributed by atoms with Crippen LogP contribution in [0.1, 0.15) is 22.3 Å². The number of nitrogens with zero attached hydrogens (tertiary/aromatic N) is 2. The number of fused-ring (bicyclic) bond motifs is 5. The Morgan fingerprint density at radius 1 is 0.362 bits per heavy atom. The van der Waals surface area contributed by atoms with Gasteiger partial charge in [-0.15, -0.1) is 0 Å². The molecule has 0 spiro atoms. The van der Waals surface area contributed by atoms with Gasteiger partial charge in [0.15, 0.2) is 0 Å². The van der Waals surface area contributed by atoms with E-state index in [0.29, 0.717) is 0 Å². The molecule has 0 radical (unpaired) electrons. The summed E-state index contributed by atoms with van der Waals surface area (Å²) < 4.78 is 6.82. The molecule has 0 atom stereocenters. The maximum absolute atomic E-state index is 6.82. The zero-order chi connectivity index (χ0) is 32.1. The van der Waals surface area contributed by atoms with Crippen LogP contribution in [0.15, 0.2) is 150 Å². The van der Waals surface area contributed by atoms with Crippen molar-refractivity contribution in [1.82, 2.24) is 0 Å². The molecular formula is C44H36N2O. The number of anilines is 6. The van der Waals surface area contributed by atoms with Crippen LogP contribution in [0.5, 0.6) is 0 Å². The van der Waals surface area contributed by atoms with Crippen LogP contribution in [0.4, 0.5) is 34.1 Å². The van der Waals surface area contributed by atoms with Crippen molar-refractivity contribution < 1.29 is 4.42 Å². The lowest BCUT2D eigenvalue weighted by Gasteiger charge is -2.27. The molecule has 3 heteroatoms. The highest BCUT2D eigenvalue weighted by molar-refractivity contribution is 6.22. The van der Waals surface area contributed by atoms with Crippen LogP contribution >= 0.6 is 0 Å². The first-order chi connectivity index (χ1) is 22.9. The zero-order valence-electron chi connectivity index (χ0n) is 27.2. The van der Waals surface area contributed by atoms with E-state index in [-0.39, 0.29) is 0 Å². The summed E-state index contributed by atoms with van der Waals surface area (Å²) in [4.78, 5) is 4.66. The van der Waals surface area contributed by atoms with Crippen molar-refractivity contribution in [2.45, 2.75) is 27.7 Å². The molecule has 8 aromatic rings. The fourth-order valence-corrected chi connectivity index (χ4v) is 6.73. The standard InChI is InChI=1S/C44H36N2O/c1-29-15-19-33(20-16-29)45(35-11-7-9-31(3)25-35)37-23-24-40-42(27-37)47-43-28-41(38-13-5-6-14-39(38)44(40)43)46(34-21-17-30(2)18-22-34)36-12-8-10-32(4)26-36/h5-28H,1-4H3. The van der Waals surface area contributed by atoms with Crippen LogP contribution in [0.2, 0.25) is 0 Å². The molecular weight excluding hydrogens is 572 g/mol. The summed E-state index contributed by atoms with van der Waals surface area (Å²) >= 11 is 0. The molecule has 0 amide bonds. The second-order valence-corrected chi connectivity index (χ2v) is 12.6. The number of rotatable bonds is 6. The van der Waals surface area contributed by atoms with Crippen molar-refractivity contribution in [3.63, 3.8) is 0 Å². The molecule has 0 saturated carbocycles. The van der Waals surface area contributed by atoms with Gasteiger partial charge < -0.3 is 14.2 Å². The maximum atomic E-state index is 6.82. The SMILES string of the molecule is Cc1ccc(N(c2cccc(C)c2)c2ccc3c(c2)oc2cc(N(c4ccc(C)cc4)c4cccc(C)c4)c4ccccc4c23)cc1. The van der Waals surface area contributed by atoms with Gasteiger partial charge in [-0.05, 0) is 105 Å². The lowest BCUT2D eigenvalue weighted by Crippen LogP contribution is -2.10. The Bertz CT molecular complexity index is 2400. The summed E-state index contributed by atoms with van der Waals surface area (Å²) in [6.07, 6.45) is 0. The van der Waals surface area contributed by atoms with Gasteiger partial charge in [0, 0.05) is 56.7 Å². The molecule has 0 saturated heterocycles. The van der Waals surface area contributed by atoms with Gasteiger partial charge >= 0.3 is 0 Å². The largest absolute Gasteiger partial charge is 0.456 e. The monoisotopic (exact) mass is 608 g/mol. The van der Waals surface area contributed by atoms with E-state index in [9.17, 15) is 0 Å². The quantitative estimate of drug-likeness (QED) is 0.187. The Labute approximate surface area is 275 Å². The fraction of sp³-hybridized carbons (Fsp3) is 0.0909. The number of benzene rings is 7. The van der Waals surface area contributed by atoms with Crippen LogP contribution in [0.3, 0.4) is 0 Å². The lowest BCUT2D eigenvalue weighted by molar-refractivity contribution is 0.669. The third kappa shape index (κ3) is 5.20. The maximum Gasteiger partial charge on any atom is 0.138 e. The third-order valence-electron chi connectivity index (χ3n) is 9.04. The van der Waals surface area contributed by atoms with Gasteiger partial charge in [0.1, 0.15) is 11.2 Å². The highest BCUT2D eigenvalue weighted by Gasteiger charge is 2.21. The van der Waals surface area contributed by atoms with Crippen molar-refractivity contribution in [1.29, 1.82) is 0 Å². The van der Waals surface area contributed by atoms with Crippen LogP contribution in [-0.2, 0) is 0 Å². The zero-order valence-corrected chi connectivity index (χ0v) is 27.2. The smallest absolute Gasteiger partial charge is 0.138 e. The summed E-state index contributed by atoms with van der Waals surface area (Å²) in [7, 11) is 0. The second kappa shape index (κ2) is 11.5. The summed E-state index contributed by atoms with van der Waals surface area (Å²) in [5.74, 6) is 0. The highest BCUT2D eigenvalue weighted by atomic mass is 16.3. The van der Waals surface area contributed by atoms with Gasteiger partial charge in [-0.3, -0.25) is 0 Å². The van der Waals surface area contributed by atoms with E-state index in [2.05, 4.69) is 183 Å². The van der Waals surface area contributed by atoms with E-state index in [0.717, 1.165) is 56.1 Å². The Morgan fingerprint density at radius 2 is 0.894 bits per heavy atom. The summed E-state index contributed by atoms with van der Waals surface area (Å²) in [6, 6.07) is 52.4. The van der Waals surface area contributed by atoms with E-state index in [1.54, 1.807) is 0 Å². The van der Waals surface area contributed by atoms with Crippen molar-refractivity contribution in [3.05, 3.63) is 168 Å².